The Balaban J connectivity index is 1.61. The van der Waals surface area contributed by atoms with Gasteiger partial charge in [-0.2, -0.15) is 8.42 Å². The van der Waals surface area contributed by atoms with Crippen LogP contribution >= 0.6 is 23.4 Å². The first kappa shape index (κ1) is 19.5. The molecule has 2 aromatic carbocycles. The number of carbonyl (C=O) groups excluding carboxylic acids is 1. The molecule has 0 radical (unpaired) electrons. The number of ether oxygens (including phenoxy) is 1. The van der Waals surface area contributed by atoms with Gasteiger partial charge in [-0.05, 0) is 49.4 Å². The summed E-state index contributed by atoms with van der Waals surface area (Å²) >= 11 is 6.84. The van der Waals surface area contributed by atoms with Crippen molar-refractivity contribution >= 4 is 55.8 Å². The van der Waals surface area contributed by atoms with Gasteiger partial charge < -0.3 is 15.4 Å². The van der Waals surface area contributed by atoms with Gasteiger partial charge in [-0.3, -0.25) is 4.79 Å². The van der Waals surface area contributed by atoms with Gasteiger partial charge in [0.15, 0.2) is 5.17 Å². The molecule has 142 valence electrons. The van der Waals surface area contributed by atoms with E-state index in [1.165, 1.54) is 6.07 Å². The number of anilines is 2. The van der Waals surface area contributed by atoms with Crippen LogP contribution in [0.2, 0.25) is 5.02 Å². The second-order valence-electron chi connectivity index (χ2n) is 5.43. The van der Waals surface area contributed by atoms with Crippen molar-refractivity contribution < 1.29 is 17.9 Å². The maximum absolute atomic E-state index is 12.2. The molecule has 0 spiro atoms. The van der Waals surface area contributed by atoms with Crippen LogP contribution in [-0.2, 0) is 14.8 Å². The van der Waals surface area contributed by atoms with Crippen LogP contribution in [0.1, 0.15) is 6.92 Å². The summed E-state index contributed by atoms with van der Waals surface area (Å²) in [6.45, 7) is 2.46. The van der Waals surface area contributed by atoms with Gasteiger partial charge in [0.25, 0.3) is 10.0 Å². The van der Waals surface area contributed by atoms with Crippen molar-refractivity contribution in [3.8, 4) is 5.75 Å². The summed E-state index contributed by atoms with van der Waals surface area (Å²) in [7, 11) is -3.86. The maximum Gasteiger partial charge on any atom is 0.286 e. The zero-order valence-corrected chi connectivity index (χ0v) is 16.6. The molecule has 2 aromatic rings. The molecular formula is C17H16ClN3O4S2. The number of hydrogen-bond donors (Lipinski definition) is 2. The number of thioether (sulfide) groups is 1. The van der Waals surface area contributed by atoms with Crippen molar-refractivity contribution in [3.05, 3.63) is 47.5 Å². The normalized spacial score (nSPS) is 14.5. The van der Waals surface area contributed by atoms with Crippen LogP contribution in [0.25, 0.3) is 0 Å². The van der Waals surface area contributed by atoms with E-state index in [0.717, 1.165) is 17.5 Å². The van der Waals surface area contributed by atoms with Crippen molar-refractivity contribution in [3.63, 3.8) is 0 Å². The Labute approximate surface area is 166 Å². The fourth-order valence-corrected chi connectivity index (χ4v) is 4.60. The monoisotopic (exact) mass is 425 g/mol. The molecule has 0 fully saturated rings. The summed E-state index contributed by atoms with van der Waals surface area (Å²) in [4.78, 5) is 12.1. The molecule has 7 nitrogen and oxygen atoms in total. The number of halogens is 1. The van der Waals surface area contributed by atoms with E-state index in [1.54, 1.807) is 36.4 Å². The summed E-state index contributed by atoms with van der Waals surface area (Å²) in [5, 5.41) is 6.07. The fourth-order valence-electron chi connectivity index (χ4n) is 2.30. The zero-order chi connectivity index (χ0) is 19.4. The van der Waals surface area contributed by atoms with Gasteiger partial charge in [0.05, 0.1) is 18.0 Å². The minimum atomic E-state index is -3.86. The summed E-state index contributed by atoms with van der Waals surface area (Å²) in [6, 6.07) is 11.5. The van der Waals surface area contributed by atoms with E-state index in [-0.39, 0.29) is 21.7 Å². The van der Waals surface area contributed by atoms with Crippen molar-refractivity contribution in [2.24, 2.45) is 4.40 Å². The Morgan fingerprint density at radius 3 is 2.70 bits per heavy atom. The fraction of sp³-hybridized carbons (Fsp3) is 0.176. The number of carbonyl (C=O) groups is 1. The quantitative estimate of drug-likeness (QED) is 0.759. The SMILES string of the molecule is CCOc1ccc(NC(=O)CSC2=NS(=O)(=O)c3cc(Cl)ccc3N2)cc1. The van der Waals surface area contributed by atoms with Crippen molar-refractivity contribution in [2.75, 3.05) is 23.0 Å². The Morgan fingerprint density at radius 2 is 2.00 bits per heavy atom. The van der Waals surface area contributed by atoms with Crippen molar-refractivity contribution in [1.29, 1.82) is 0 Å². The Bertz CT molecular complexity index is 992. The summed E-state index contributed by atoms with van der Waals surface area (Å²) in [5.74, 6) is 0.430. The van der Waals surface area contributed by atoms with Crippen LogP contribution in [0.5, 0.6) is 5.75 Å². The van der Waals surface area contributed by atoms with E-state index < -0.39 is 10.0 Å². The first-order valence-electron chi connectivity index (χ1n) is 7.94. The number of nitrogens with zero attached hydrogens (tertiary/aromatic N) is 1. The van der Waals surface area contributed by atoms with Crippen molar-refractivity contribution in [2.45, 2.75) is 11.8 Å². The van der Waals surface area contributed by atoms with Crippen LogP contribution in [-0.4, -0.2) is 31.9 Å². The minimum Gasteiger partial charge on any atom is -0.494 e. The summed E-state index contributed by atoms with van der Waals surface area (Å²) in [5.41, 5.74) is 0.999. The van der Waals surface area contributed by atoms with E-state index in [0.29, 0.717) is 23.0 Å². The third kappa shape index (κ3) is 4.94. The lowest BCUT2D eigenvalue weighted by molar-refractivity contribution is -0.113. The van der Waals surface area contributed by atoms with Crippen LogP contribution in [0.15, 0.2) is 51.8 Å². The molecule has 0 bridgehead atoms. The van der Waals surface area contributed by atoms with E-state index in [4.69, 9.17) is 16.3 Å². The Kier molecular flexibility index (Phi) is 5.93. The number of benzene rings is 2. The van der Waals surface area contributed by atoms with Gasteiger partial charge in [0, 0.05) is 10.7 Å². The van der Waals surface area contributed by atoms with E-state index in [9.17, 15) is 13.2 Å². The number of nitrogens with one attached hydrogen (secondary N) is 2. The smallest absolute Gasteiger partial charge is 0.286 e. The first-order chi connectivity index (χ1) is 12.9. The lowest BCUT2D eigenvalue weighted by atomic mass is 10.3. The van der Waals surface area contributed by atoms with Crippen LogP contribution in [0, 0.1) is 0 Å². The highest BCUT2D eigenvalue weighted by Crippen LogP contribution is 2.31. The lowest BCUT2D eigenvalue weighted by Gasteiger charge is -2.17. The minimum absolute atomic E-state index is 0.00249. The molecule has 27 heavy (non-hydrogen) atoms. The van der Waals surface area contributed by atoms with E-state index >= 15 is 0 Å². The number of fused-ring (bicyclic) bond motifs is 1. The Hall–Kier alpha value is -2.23. The van der Waals surface area contributed by atoms with Crippen LogP contribution in [0.4, 0.5) is 11.4 Å². The molecule has 0 saturated carbocycles. The molecule has 1 aliphatic rings. The largest absolute Gasteiger partial charge is 0.494 e. The molecule has 3 rings (SSSR count). The summed E-state index contributed by atoms with van der Waals surface area (Å²) in [6.07, 6.45) is 0. The molecule has 1 aliphatic heterocycles. The first-order valence-corrected chi connectivity index (χ1v) is 10.7. The predicted molar refractivity (Wildman–Crippen MR) is 108 cm³/mol. The number of amides is 1. The number of hydrogen-bond acceptors (Lipinski definition) is 6. The third-order valence-electron chi connectivity index (χ3n) is 3.46. The average molecular weight is 426 g/mol. The van der Waals surface area contributed by atoms with Crippen LogP contribution < -0.4 is 15.4 Å². The average Bonchev–Trinajstić information content (AvgIpc) is 2.62. The highest BCUT2D eigenvalue weighted by molar-refractivity contribution is 8.15. The molecule has 1 amide bonds. The summed E-state index contributed by atoms with van der Waals surface area (Å²) < 4.78 is 33.5. The van der Waals surface area contributed by atoms with Gasteiger partial charge in [-0.1, -0.05) is 23.4 Å². The van der Waals surface area contributed by atoms with Gasteiger partial charge >= 0.3 is 0 Å². The molecule has 2 N–H and O–H groups in total. The number of amidine groups is 1. The zero-order valence-electron chi connectivity index (χ0n) is 14.2. The molecular weight excluding hydrogens is 410 g/mol. The second-order valence-corrected chi connectivity index (χ2v) is 8.40. The number of sulfonamides is 1. The second kappa shape index (κ2) is 8.20. The topological polar surface area (TPSA) is 96.9 Å². The molecule has 0 atom stereocenters. The molecule has 10 heteroatoms. The van der Waals surface area contributed by atoms with Crippen LogP contribution in [0.3, 0.4) is 0 Å². The van der Waals surface area contributed by atoms with Gasteiger partial charge in [-0.25, -0.2) is 0 Å². The standard InChI is InChI=1S/C17H16ClN3O4S2/c1-2-25-13-6-4-12(5-7-13)19-16(22)10-26-17-20-14-8-3-11(18)9-15(14)27(23,24)21-17/h3-9H,2,10H2,1H3,(H,19,22)(H,20,21). The number of rotatable bonds is 5. The molecule has 0 unspecified atom stereocenters. The highest BCUT2D eigenvalue weighted by atomic mass is 35.5. The molecule has 0 aromatic heterocycles. The third-order valence-corrected chi connectivity index (χ3v) is 6.00. The molecule has 1 heterocycles. The van der Waals surface area contributed by atoms with Gasteiger partial charge in [0.2, 0.25) is 5.91 Å². The lowest BCUT2D eigenvalue weighted by Crippen LogP contribution is -2.22. The van der Waals surface area contributed by atoms with E-state index in [2.05, 4.69) is 15.0 Å². The highest BCUT2D eigenvalue weighted by Gasteiger charge is 2.25. The Morgan fingerprint density at radius 1 is 1.26 bits per heavy atom. The molecule has 0 aliphatic carbocycles. The van der Waals surface area contributed by atoms with E-state index in [1.807, 2.05) is 6.92 Å². The van der Waals surface area contributed by atoms with Gasteiger partial charge in [0.1, 0.15) is 10.6 Å². The van der Waals surface area contributed by atoms with Crippen molar-refractivity contribution in [1.82, 2.24) is 0 Å². The maximum atomic E-state index is 12.2. The van der Waals surface area contributed by atoms with Gasteiger partial charge in [-0.15, -0.1) is 4.40 Å². The molecule has 0 saturated heterocycles. The predicted octanol–water partition coefficient (Wildman–Crippen LogP) is 3.58.